The summed E-state index contributed by atoms with van der Waals surface area (Å²) < 4.78 is 33.9. The summed E-state index contributed by atoms with van der Waals surface area (Å²) in [5.74, 6) is -0.296. The third kappa shape index (κ3) is 6.08. The minimum atomic E-state index is -4.09. The summed E-state index contributed by atoms with van der Waals surface area (Å²) in [6.07, 6.45) is 3.39. The number of aromatic nitrogens is 2. The van der Waals surface area contributed by atoms with Crippen LogP contribution in [0.1, 0.15) is 50.9 Å². The summed E-state index contributed by atoms with van der Waals surface area (Å²) in [6.45, 7) is 0.393. The molecule has 2 unspecified atom stereocenters. The van der Waals surface area contributed by atoms with Gasteiger partial charge in [-0.25, -0.2) is 15.1 Å². The lowest BCUT2D eigenvalue weighted by atomic mass is 9.94. The number of nitrogens with one attached hydrogen (secondary N) is 1. The van der Waals surface area contributed by atoms with Gasteiger partial charge >= 0.3 is 10.3 Å². The smallest absolute Gasteiger partial charge is 0.333 e. The van der Waals surface area contributed by atoms with Gasteiger partial charge in [-0.1, -0.05) is 22.0 Å². The Labute approximate surface area is 226 Å². The Hall–Kier alpha value is -2.26. The Bertz CT molecular complexity index is 1420. The number of ketones is 1. The van der Waals surface area contributed by atoms with Crippen LogP contribution in [0.3, 0.4) is 0 Å². The number of rotatable bonds is 8. The van der Waals surface area contributed by atoms with E-state index in [-0.39, 0.29) is 24.5 Å². The van der Waals surface area contributed by atoms with Gasteiger partial charge in [0.25, 0.3) is 0 Å². The zero-order valence-electron chi connectivity index (χ0n) is 19.5. The molecule has 0 bridgehead atoms. The predicted molar refractivity (Wildman–Crippen MR) is 141 cm³/mol. The molecule has 10 nitrogen and oxygen atoms in total. The number of aliphatic hydroxyl groups is 1. The fourth-order valence-electron chi connectivity index (χ4n) is 4.82. The first-order valence-electron chi connectivity index (χ1n) is 11.6. The highest BCUT2D eigenvalue weighted by molar-refractivity contribution is 9.10. The molecule has 0 spiro atoms. The lowest BCUT2D eigenvalue weighted by Gasteiger charge is -2.25. The monoisotopic (exact) mass is 608 g/mol. The fraction of sp³-hybridized carbons (Fsp3) is 0.375. The van der Waals surface area contributed by atoms with E-state index < -0.39 is 22.3 Å². The molecular formula is C24H25BrN4O6S2. The SMILES string of the molecule is NS(=O)(=O)OCC1C[C@@H](Nc2ncncc2C(=O)c2cc(C3OCCc4ccc(Br)cc43)cs2)C[C@@H]1O. The molecule has 3 heterocycles. The van der Waals surface area contributed by atoms with E-state index in [1.54, 1.807) is 0 Å². The number of thiophene rings is 1. The number of anilines is 1. The first kappa shape index (κ1) is 26.4. The van der Waals surface area contributed by atoms with Crippen molar-refractivity contribution in [2.75, 3.05) is 18.5 Å². The summed E-state index contributed by atoms with van der Waals surface area (Å²) in [4.78, 5) is 22.3. The van der Waals surface area contributed by atoms with E-state index in [1.165, 1.54) is 29.4 Å². The third-order valence-electron chi connectivity index (χ3n) is 6.59. The number of aliphatic hydroxyl groups excluding tert-OH is 1. The van der Waals surface area contributed by atoms with Crippen molar-refractivity contribution in [3.8, 4) is 0 Å². The maximum Gasteiger partial charge on any atom is 0.333 e. The average Bonchev–Trinajstić information content (AvgIpc) is 3.48. The maximum absolute atomic E-state index is 13.5. The van der Waals surface area contributed by atoms with Gasteiger partial charge in [0.15, 0.2) is 0 Å². The molecule has 3 aromatic rings. The molecule has 1 saturated carbocycles. The molecule has 0 amide bonds. The van der Waals surface area contributed by atoms with Crippen molar-refractivity contribution in [1.29, 1.82) is 0 Å². The van der Waals surface area contributed by atoms with Gasteiger partial charge in [0.05, 0.1) is 29.8 Å². The molecular weight excluding hydrogens is 584 g/mol. The van der Waals surface area contributed by atoms with Gasteiger partial charge in [-0.15, -0.1) is 11.3 Å². The van der Waals surface area contributed by atoms with Crippen molar-refractivity contribution < 1.29 is 27.2 Å². The highest BCUT2D eigenvalue weighted by Gasteiger charge is 2.35. The van der Waals surface area contributed by atoms with Gasteiger partial charge in [0.2, 0.25) is 5.78 Å². The molecule has 37 heavy (non-hydrogen) atoms. The van der Waals surface area contributed by atoms with Crippen LogP contribution in [-0.4, -0.2) is 54.6 Å². The zero-order valence-corrected chi connectivity index (χ0v) is 22.8. The summed E-state index contributed by atoms with van der Waals surface area (Å²) in [7, 11) is -4.09. The first-order valence-corrected chi connectivity index (χ1v) is 14.8. The molecule has 1 fully saturated rings. The van der Waals surface area contributed by atoms with Crippen molar-refractivity contribution >= 4 is 49.2 Å². The Morgan fingerprint density at radius 3 is 2.97 bits per heavy atom. The Morgan fingerprint density at radius 1 is 1.32 bits per heavy atom. The number of hydrogen-bond donors (Lipinski definition) is 3. The van der Waals surface area contributed by atoms with Gasteiger partial charge in [-0.05, 0) is 59.5 Å². The van der Waals surface area contributed by atoms with E-state index in [1.807, 2.05) is 17.5 Å². The number of nitrogens with two attached hydrogens (primary N) is 1. The Kier molecular flexibility index (Phi) is 7.73. The summed E-state index contributed by atoms with van der Waals surface area (Å²) in [5, 5.41) is 20.4. The Morgan fingerprint density at radius 2 is 2.16 bits per heavy atom. The minimum absolute atomic E-state index is 0.214. The van der Waals surface area contributed by atoms with Crippen LogP contribution in [0.4, 0.5) is 5.82 Å². The maximum atomic E-state index is 13.5. The Balaban J connectivity index is 1.32. The van der Waals surface area contributed by atoms with Crippen LogP contribution in [0.2, 0.25) is 0 Å². The van der Waals surface area contributed by atoms with Crippen LogP contribution in [-0.2, 0) is 25.6 Å². The zero-order chi connectivity index (χ0) is 26.2. The van der Waals surface area contributed by atoms with Crippen LogP contribution in [0, 0.1) is 5.92 Å². The number of benzene rings is 1. The van der Waals surface area contributed by atoms with Gasteiger partial charge in [-0.2, -0.15) is 8.42 Å². The van der Waals surface area contributed by atoms with Crippen molar-refractivity contribution in [3.63, 3.8) is 0 Å². The molecule has 0 radical (unpaired) electrons. The summed E-state index contributed by atoms with van der Waals surface area (Å²) >= 11 is 4.87. The number of ether oxygens (including phenoxy) is 1. The van der Waals surface area contributed by atoms with Crippen molar-refractivity contribution in [2.45, 2.75) is 37.5 Å². The molecule has 0 saturated heterocycles. The van der Waals surface area contributed by atoms with E-state index in [2.05, 4.69) is 47.5 Å². The number of halogens is 1. The van der Waals surface area contributed by atoms with Crippen LogP contribution in [0.15, 0.2) is 46.6 Å². The highest BCUT2D eigenvalue weighted by atomic mass is 79.9. The number of hydrogen-bond acceptors (Lipinski definition) is 10. The molecule has 13 heteroatoms. The largest absolute Gasteiger partial charge is 0.393 e. The van der Waals surface area contributed by atoms with Crippen LogP contribution in [0.5, 0.6) is 0 Å². The molecule has 2 aliphatic rings. The molecule has 4 N–H and O–H groups in total. The van der Waals surface area contributed by atoms with E-state index in [4.69, 9.17) is 9.88 Å². The van der Waals surface area contributed by atoms with Gasteiger partial charge < -0.3 is 15.2 Å². The number of fused-ring (bicyclic) bond motifs is 1. The van der Waals surface area contributed by atoms with Gasteiger partial charge in [-0.3, -0.25) is 8.98 Å². The number of nitrogens with zero attached hydrogens (tertiary/aromatic N) is 2. The molecule has 1 aliphatic heterocycles. The molecule has 1 aliphatic carbocycles. The lowest BCUT2D eigenvalue weighted by molar-refractivity contribution is 0.0700. The van der Waals surface area contributed by atoms with E-state index in [0.29, 0.717) is 35.7 Å². The van der Waals surface area contributed by atoms with Crippen molar-refractivity contribution in [1.82, 2.24) is 9.97 Å². The summed E-state index contributed by atoms with van der Waals surface area (Å²) in [6, 6.07) is 7.78. The normalized spacial score (nSPS) is 23.5. The van der Waals surface area contributed by atoms with E-state index in [9.17, 15) is 18.3 Å². The molecule has 2 aromatic heterocycles. The summed E-state index contributed by atoms with van der Waals surface area (Å²) in [5.41, 5.74) is 3.54. The van der Waals surface area contributed by atoms with Crippen LogP contribution < -0.4 is 10.5 Å². The number of carbonyl (C=O) groups excluding carboxylic acids is 1. The predicted octanol–water partition coefficient (Wildman–Crippen LogP) is 2.97. The quantitative estimate of drug-likeness (QED) is 0.327. The second kappa shape index (κ2) is 10.8. The average molecular weight is 610 g/mol. The standard InChI is InChI=1S/C24H25BrN4O6S2/c25-16-2-1-13-3-4-34-23(18(13)7-16)15-6-21(36-11-15)22(31)19-9-27-12-28-24(19)29-17-5-14(20(30)8-17)10-35-37(26,32)33/h1-2,6-7,9,11-12,14,17,20,23,30H,3-5,8,10H2,(H2,26,32,33)(H,27,28,29)/t14?,17-,20+,23?/m1/s1. The molecule has 196 valence electrons. The molecule has 4 atom stereocenters. The van der Waals surface area contributed by atoms with E-state index in [0.717, 1.165) is 22.0 Å². The number of carbonyl (C=O) groups is 1. The van der Waals surface area contributed by atoms with Gasteiger partial charge in [0, 0.05) is 22.6 Å². The third-order valence-corrected chi connectivity index (χ3v) is 8.50. The molecule has 1 aromatic carbocycles. The lowest BCUT2D eigenvalue weighted by Crippen LogP contribution is -2.24. The first-order chi connectivity index (χ1) is 17.7. The molecule has 5 rings (SSSR count). The minimum Gasteiger partial charge on any atom is -0.393 e. The van der Waals surface area contributed by atoms with Crippen LogP contribution in [0.25, 0.3) is 0 Å². The topological polar surface area (TPSA) is 154 Å². The van der Waals surface area contributed by atoms with Crippen LogP contribution >= 0.6 is 27.3 Å². The van der Waals surface area contributed by atoms with Crippen molar-refractivity contribution in [2.24, 2.45) is 11.1 Å². The fourth-order valence-corrected chi connectivity index (χ4v) is 6.44. The van der Waals surface area contributed by atoms with Gasteiger partial charge in [0.1, 0.15) is 18.2 Å². The van der Waals surface area contributed by atoms with E-state index >= 15 is 0 Å². The van der Waals surface area contributed by atoms with Crippen molar-refractivity contribution in [3.05, 3.63) is 73.8 Å². The highest BCUT2D eigenvalue weighted by Crippen LogP contribution is 2.37. The second-order valence-electron chi connectivity index (χ2n) is 9.12. The second-order valence-corrected chi connectivity index (χ2v) is 12.2.